The van der Waals surface area contributed by atoms with E-state index in [4.69, 9.17) is 12.2 Å². The van der Waals surface area contributed by atoms with Crippen molar-refractivity contribution in [1.29, 1.82) is 0 Å². The van der Waals surface area contributed by atoms with Gasteiger partial charge in [-0.15, -0.1) is 0 Å². The summed E-state index contributed by atoms with van der Waals surface area (Å²) in [6, 6.07) is 6.89. The lowest BCUT2D eigenvalue weighted by molar-refractivity contribution is 0.216. The molecule has 3 nitrogen and oxygen atoms in total. The van der Waals surface area contributed by atoms with E-state index < -0.39 is 0 Å². The fraction of sp³-hybridized carbons (Fsp3) is 0.562. The van der Waals surface area contributed by atoms with Gasteiger partial charge in [-0.3, -0.25) is 0 Å². The second kappa shape index (κ2) is 7.04. The maximum absolute atomic E-state index is 5.44. The van der Waals surface area contributed by atoms with Crippen LogP contribution in [0.1, 0.15) is 30.9 Å². The van der Waals surface area contributed by atoms with Crippen molar-refractivity contribution in [2.24, 2.45) is 0 Å². The molecule has 0 amide bonds. The molecule has 0 radical (unpaired) electrons. The van der Waals surface area contributed by atoms with E-state index in [1.165, 1.54) is 37.1 Å². The second-order valence-electron chi connectivity index (χ2n) is 5.63. The monoisotopic (exact) mass is 291 g/mol. The molecule has 0 bridgehead atoms. The first-order chi connectivity index (χ1) is 9.58. The van der Waals surface area contributed by atoms with Gasteiger partial charge in [0.25, 0.3) is 0 Å². The zero-order valence-corrected chi connectivity index (χ0v) is 13.5. The van der Waals surface area contributed by atoms with Gasteiger partial charge in [-0.25, -0.2) is 0 Å². The van der Waals surface area contributed by atoms with Crippen molar-refractivity contribution in [2.75, 3.05) is 25.0 Å². The van der Waals surface area contributed by atoms with Crippen molar-refractivity contribution in [3.8, 4) is 0 Å². The molecule has 110 valence electrons. The van der Waals surface area contributed by atoms with Crippen LogP contribution in [-0.4, -0.2) is 35.7 Å². The van der Waals surface area contributed by atoms with E-state index in [1.807, 2.05) is 0 Å². The molecule has 1 aromatic carbocycles. The van der Waals surface area contributed by atoms with Crippen LogP contribution in [0.15, 0.2) is 18.2 Å². The average Bonchev–Trinajstić information content (AvgIpc) is 2.43. The molecule has 4 heteroatoms. The number of anilines is 1. The van der Waals surface area contributed by atoms with Gasteiger partial charge in [-0.05, 0) is 62.6 Å². The van der Waals surface area contributed by atoms with Gasteiger partial charge >= 0.3 is 0 Å². The van der Waals surface area contributed by atoms with Gasteiger partial charge in [0.1, 0.15) is 0 Å². The number of hydrogen-bond acceptors (Lipinski definition) is 2. The maximum Gasteiger partial charge on any atom is 0.171 e. The Morgan fingerprint density at radius 2 is 2.00 bits per heavy atom. The summed E-state index contributed by atoms with van der Waals surface area (Å²) in [6.45, 7) is 9.91. The van der Waals surface area contributed by atoms with Crippen LogP contribution in [0.2, 0.25) is 0 Å². The van der Waals surface area contributed by atoms with Crippen molar-refractivity contribution in [2.45, 2.75) is 39.7 Å². The fourth-order valence-electron chi connectivity index (χ4n) is 2.61. The van der Waals surface area contributed by atoms with Crippen LogP contribution in [0.3, 0.4) is 0 Å². The zero-order chi connectivity index (χ0) is 14.5. The fourth-order valence-corrected chi connectivity index (χ4v) is 2.88. The van der Waals surface area contributed by atoms with Gasteiger partial charge in [0.2, 0.25) is 0 Å². The summed E-state index contributed by atoms with van der Waals surface area (Å²) in [5.74, 6) is 0. The highest BCUT2D eigenvalue weighted by atomic mass is 32.1. The molecule has 0 aliphatic carbocycles. The maximum atomic E-state index is 5.44. The summed E-state index contributed by atoms with van der Waals surface area (Å²) in [7, 11) is 0. The number of rotatable bonds is 3. The Morgan fingerprint density at radius 1 is 1.30 bits per heavy atom. The first-order valence-corrected chi connectivity index (χ1v) is 7.86. The number of aryl methyl sites for hydroxylation is 2. The number of hydrogen-bond donors (Lipinski definition) is 2. The van der Waals surface area contributed by atoms with Crippen molar-refractivity contribution < 1.29 is 0 Å². The molecule has 0 saturated carbocycles. The highest BCUT2D eigenvalue weighted by Crippen LogP contribution is 2.16. The first-order valence-electron chi connectivity index (χ1n) is 7.45. The van der Waals surface area contributed by atoms with Crippen LogP contribution in [0.4, 0.5) is 5.69 Å². The molecule has 1 aliphatic heterocycles. The Balaban J connectivity index is 1.85. The smallest absolute Gasteiger partial charge is 0.171 e. The average molecular weight is 291 g/mol. The first kappa shape index (κ1) is 15.3. The minimum absolute atomic E-state index is 0.503. The lowest BCUT2D eigenvalue weighted by Crippen LogP contribution is -2.45. The van der Waals surface area contributed by atoms with Gasteiger partial charge in [0.05, 0.1) is 0 Å². The molecule has 1 heterocycles. The van der Waals surface area contributed by atoms with Crippen LogP contribution >= 0.6 is 12.2 Å². The van der Waals surface area contributed by atoms with E-state index in [1.54, 1.807) is 0 Å². The number of benzene rings is 1. The summed E-state index contributed by atoms with van der Waals surface area (Å²) in [5.41, 5.74) is 3.58. The van der Waals surface area contributed by atoms with Crippen molar-refractivity contribution in [3.63, 3.8) is 0 Å². The summed E-state index contributed by atoms with van der Waals surface area (Å²) in [6.07, 6.45) is 2.34. The van der Waals surface area contributed by atoms with E-state index in [-0.39, 0.29) is 0 Å². The topological polar surface area (TPSA) is 27.3 Å². The largest absolute Gasteiger partial charge is 0.360 e. The van der Waals surface area contributed by atoms with Crippen LogP contribution in [-0.2, 0) is 0 Å². The van der Waals surface area contributed by atoms with E-state index in [2.05, 4.69) is 54.5 Å². The second-order valence-corrected chi connectivity index (χ2v) is 6.03. The van der Waals surface area contributed by atoms with Gasteiger partial charge in [-0.2, -0.15) is 0 Å². The molecule has 0 aromatic heterocycles. The van der Waals surface area contributed by atoms with E-state index >= 15 is 0 Å². The lowest BCUT2D eigenvalue weighted by Gasteiger charge is -2.32. The third-order valence-corrected chi connectivity index (χ3v) is 4.23. The minimum atomic E-state index is 0.503. The van der Waals surface area contributed by atoms with Crippen molar-refractivity contribution in [1.82, 2.24) is 10.2 Å². The van der Waals surface area contributed by atoms with E-state index in [0.29, 0.717) is 6.04 Å². The van der Waals surface area contributed by atoms with Crippen molar-refractivity contribution in [3.05, 3.63) is 29.3 Å². The molecular weight excluding hydrogens is 266 g/mol. The molecule has 0 unspecified atom stereocenters. The summed E-state index contributed by atoms with van der Waals surface area (Å²) >= 11 is 5.44. The predicted octanol–water partition coefficient (Wildman–Crippen LogP) is 3.07. The SMILES string of the molecule is CCN1CCC(NC(=S)Nc2cc(C)ccc2C)CC1. The summed E-state index contributed by atoms with van der Waals surface area (Å²) in [5, 5.41) is 7.53. The standard InChI is InChI=1S/C16H25N3S/c1-4-19-9-7-14(8-10-19)17-16(20)18-15-11-12(2)5-6-13(15)3/h5-6,11,14H,4,7-10H2,1-3H3,(H2,17,18,20). The molecule has 20 heavy (non-hydrogen) atoms. The summed E-state index contributed by atoms with van der Waals surface area (Å²) in [4.78, 5) is 2.49. The summed E-state index contributed by atoms with van der Waals surface area (Å²) < 4.78 is 0. The Bertz CT molecular complexity index is 465. The number of nitrogens with one attached hydrogen (secondary N) is 2. The Morgan fingerprint density at radius 3 is 2.65 bits per heavy atom. The van der Waals surface area contributed by atoms with Crippen LogP contribution < -0.4 is 10.6 Å². The quantitative estimate of drug-likeness (QED) is 0.837. The molecule has 1 aliphatic rings. The third kappa shape index (κ3) is 4.18. The molecule has 1 fully saturated rings. The highest BCUT2D eigenvalue weighted by molar-refractivity contribution is 7.80. The van der Waals surface area contributed by atoms with Gasteiger partial charge < -0.3 is 15.5 Å². The molecule has 1 aromatic rings. The zero-order valence-electron chi connectivity index (χ0n) is 12.7. The highest BCUT2D eigenvalue weighted by Gasteiger charge is 2.18. The molecular formula is C16H25N3S. The van der Waals surface area contributed by atoms with Gasteiger partial charge in [0, 0.05) is 24.8 Å². The number of thiocarbonyl (C=S) groups is 1. The number of piperidine rings is 1. The van der Waals surface area contributed by atoms with E-state index in [9.17, 15) is 0 Å². The molecule has 0 spiro atoms. The predicted molar refractivity (Wildman–Crippen MR) is 90.4 cm³/mol. The molecule has 1 saturated heterocycles. The Kier molecular flexibility index (Phi) is 5.38. The lowest BCUT2D eigenvalue weighted by atomic mass is 10.1. The Labute approximate surface area is 127 Å². The van der Waals surface area contributed by atoms with Crippen molar-refractivity contribution >= 4 is 23.0 Å². The number of likely N-dealkylation sites (tertiary alicyclic amines) is 1. The third-order valence-electron chi connectivity index (χ3n) is 4.01. The van der Waals surface area contributed by atoms with Gasteiger partial charge in [0.15, 0.2) is 5.11 Å². The normalized spacial score (nSPS) is 16.9. The molecule has 2 rings (SSSR count). The minimum Gasteiger partial charge on any atom is -0.360 e. The van der Waals surface area contributed by atoms with Gasteiger partial charge in [-0.1, -0.05) is 19.1 Å². The Hall–Kier alpha value is -1.13. The van der Waals surface area contributed by atoms with Crippen LogP contribution in [0.25, 0.3) is 0 Å². The van der Waals surface area contributed by atoms with Crippen LogP contribution in [0.5, 0.6) is 0 Å². The number of nitrogens with zero attached hydrogens (tertiary/aromatic N) is 1. The van der Waals surface area contributed by atoms with E-state index in [0.717, 1.165) is 17.3 Å². The molecule has 2 N–H and O–H groups in total. The molecule has 0 atom stereocenters. The van der Waals surface area contributed by atoms with Crippen LogP contribution in [0, 0.1) is 13.8 Å².